The number of pyridine rings is 2. The van der Waals surface area contributed by atoms with Gasteiger partial charge in [-0.15, -0.1) is 11.8 Å². The maximum absolute atomic E-state index is 12.9. The number of benzene rings is 1. The number of nitrogens with one attached hydrogen (secondary N) is 1. The molecule has 1 amide bonds. The molecule has 138 valence electrons. The Bertz CT molecular complexity index is 872. The van der Waals surface area contributed by atoms with E-state index in [-0.39, 0.29) is 11.7 Å². The highest BCUT2D eigenvalue weighted by Gasteiger charge is 2.12. The highest BCUT2D eigenvalue weighted by Crippen LogP contribution is 2.21. The lowest BCUT2D eigenvalue weighted by atomic mass is 10.1. The lowest BCUT2D eigenvalue weighted by Crippen LogP contribution is -2.23. The van der Waals surface area contributed by atoms with Crippen LogP contribution in [0, 0.1) is 5.82 Å². The standard InChI is InChI=1S/C21H20FN3OS/c22-18-7-5-16(6-8-18)3-2-14-27-21-19(4-1-11-24-21)20(26)25-15-17-9-12-23-13-10-17/h1,4-13H,2-3,14-15H2,(H,25,26). The zero-order valence-corrected chi connectivity index (χ0v) is 15.6. The van der Waals surface area contributed by atoms with Gasteiger partial charge in [0.2, 0.25) is 0 Å². The van der Waals surface area contributed by atoms with Crippen molar-refractivity contribution in [2.75, 3.05) is 5.75 Å². The topological polar surface area (TPSA) is 54.9 Å². The van der Waals surface area contributed by atoms with Crippen LogP contribution < -0.4 is 5.32 Å². The summed E-state index contributed by atoms with van der Waals surface area (Å²) in [7, 11) is 0. The number of nitrogens with zero attached hydrogens (tertiary/aromatic N) is 2. The van der Waals surface area contributed by atoms with Gasteiger partial charge in [-0.2, -0.15) is 0 Å². The summed E-state index contributed by atoms with van der Waals surface area (Å²) in [5.74, 6) is 0.476. The van der Waals surface area contributed by atoms with Crippen LogP contribution in [0.5, 0.6) is 0 Å². The van der Waals surface area contributed by atoms with E-state index in [2.05, 4.69) is 15.3 Å². The Labute approximate surface area is 162 Å². The van der Waals surface area contributed by atoms with Crippen LogP contribution in [0.1, 0.15) is 27.9 Å². The van der Waals surface area contributed by atoms with E-state index in [1.807, 2.05) is 12.1 Å². The van der Waals surface area contributed by atoms with Crippen molar-refractivity contribution in [1.82, 2.24) is 15.3 Å². The molecule has 0 radical (unpaired) electrons. The second kappa shape index (κ2) is 9.83. The predicted molar refractivity (Wildman–Crippen MR) is 105 cm³/mol. The number of carbonyl (C=O) groups is 1. The predicted octanol–water partition coefficient (Wildman–Crippen LogP) is 4.27. The summed E-state index contributed by atoms with van der Waals surface area (Å²) < 4.78 is 12.9. The molecule has 0 bridgehead atoms. The van der Waals surface area contributed by atoms with Gasteiger partial charge in [0.15, 0.2) is 0 Å². The second-order valence-electron chi connectivity index (χ2n) is 5.97. The zero-order valence-electron chi connectivity index (χ0n) is 14.8. The molecule has 0 atom stereocenters. The summed E-state index contributed by atoms with van der Waals surface area (Å²) in [5, 5.41) is 3.65. The van der Waals surface area contributed by atoms with E-state index in [0.717, 1.165) is 34.7 Å². The Balaban J connectivity index is 1.52. The van der Waals surface area contributed by atoms with E-state index < -0.39 is 0 Å². The van der Waals surface area contributed by atoms with Gasteiger partial charge in [-0.05, 0) is 66.1 Å². The van der Waals surface area contributed by atoms with Gasteiger partial charge in [-0.25, -0.2) is 9.37 Å². The number of rotatable bonds is 8. The molecule has 0 saturated carbocycles. The average molecular weight is 381 g/mol. The van der Waals surface area contributed by atoms with Crippen molar-refractivity contribution in [1.29, 1.82) is 0 Å². The SMILES string of the molecule is O=C(NCc1ccncc1)c1cccnc1SCCCc1ccc(F)cc1. The van der Waals surface area contributed by atoms with E-state index in [1.165, 1.54) is 12.1 Å². The third-order valence-electron chi connectivity index (χ3n) is 3.98. The van der Waals surface area contributed by atoms with Crippen molar-refractivity contribution in [3.8, 4) is 0 Å². The van der Waals surface area contributed by atoms with Crippen molar-refractivity contribution >= 4 is 17.7 Å². The molecule has 0 fully saturated rings. The molecule has 3 aromatic rings. The molecule has 27 heavy (non-hydrogen) atoms. The molecule has 0 aliphatic rings. The number of halogens is 1. The van der Waals surface area contributed by atoms with Gasteiger partial charge in [0.05, 0.1) is 5.56 Å². The van der Waals surface area contributed by atoms with Crippen LogP contribution in [0.2, 0.25) is 0 Å². The lowest BCUT2D eigenvalue weighted by Gasteiger charge is -2.09. The van der Waals surface area contributed by atoms with Gasteiger partial charge in [0.25, 0.3) is 5.91 Å². The van der Waals surface area contributed by atoms with Gasteiger partial charge in [0, 0.05) is 25.1 Å². The first-order valence-electron chi connectivity index (χ1n) is 8.72. The van der Waals surface area contributed by atoms with Gasteiger partial charge in [-0.3, -0.25) is 9.78 Å². The van der Waals surface area contributed by atoms with Crippen LogP contribution in [-0.2, 0) is 13.0 Å². The van der Waals surface area contributed by atoms with Crippen molar-refractivity contribution in [3.63, 3.8) is 0 Å². The van der Waals surface area contributed by atoms with E-state index >= 15 is 0 Å². The minimum atomic E-state index is -0.218. The molecule has 4 nitrogen and oxygen atoms in total. The molecule has 0 aliphatic carbocycles. The monoisotopic (exact) mass is 381 g/mol. The molecule has 1 N–H and O–H groups in total. The average Bonchev–Trinajstić information content (AvgIpc) is 2.72. The Kier molecular flexibility index (Phi) is 6.93. The number of thioether (sulfide) groups is 1. The highest BCUT2D eigenvalue weighted by molar-refractivity contribution is 7.99. The van der Waals surface area contributed by atoms with Crippen molar-refractivity contribution in [2.45, 2.75) is 24.4 Å². The maximum atomic E-state index is 12.9. The van der Waals surface area contributed by atoms with Crippen LogP contribution in [0.4, 0.5) is 4.39 Å². The summed E-state index contributed by atoms with van der Waals surface area (Å²) >= 11 is 1.56. The maximum Gasteiger partial charge on any atom is 0.254 e. The van der Waals surface area contributed by atoms with Crippen LogP contribution in [0.15, 0.2) is 72.1 Å². The molecule has 2 aromatic heterocycles. The van der Waals surface area contributed by atoms with E-state index in [4.69, 9.17) is 0 Å². The lowest BCUT2D eigenvalue weighted by molar-refractivity contribution is 0.0947. The number of aryl methyl sites for hydroxylation is 1. The third-order valence-corrected chi connectivity index (χ3v) is 5.07. The van der Waals surface area contributed by atoms with Crippen LogP contribution in [-0.4, -0.2) is 21.6 Å². The first kappa shape index (κ1) is 19.0. The first-order valence-corrected chi connectivity index (χ1v) is 9.70. The molecule has 0 saturated heterocycles. The molecular weight excluding hydrogens is 361 g/mol. The van der Waals surface area contributed by atoms with Crippen LogP contribution >= 0.6 is 11.8 Å². The number of hydrogen-bond donors (Lipinski definition) is 1. The summed E-state index contributed by atoms with van der Waals surface area (Å²) in [6, 6.07) is 13.9. The molecule has 0 spiro atoms. The van der Waals surface area contributed by atoms with Crippen LogP contribution in [0.3, 0.4) is 0 Å². The van der Waals surface area contributed by atoms with Gasteiger partial charge >= 0.3 is 0 Å². The summed E-state index contributed by atoms with van der Waals surface area (Å²) in [6.45, 7) is 0.449. The largest absolute Gasteiger partial charge is 0.348 e. The van der Waals surface area contributed by atoms with E-state index in [1.54, 1.807) is 54.6 Å². The first-order chi connectivity index (χ1) is 13.2. The fourth-order valence-electron chi connectivity index (χ4n) is 2.55. The highest BCUT2D eigenvalue weighted by atomic mass is 32.2. The molecular formula is C21H20FN3OS. The fourth-order valence-corrected chi connectivity index (χ4v) is 3.49. The molecule has 3 rings (SSSR count). The molecule has 2 heterocycles. The minimum Gasteiger partial charge on any atom is -0.348 e. The molecule has 1 aromatic carbocycles. The third kappa shape index (κ3) is 5.89. The summed E-state index contributed by atoms with van der Waals surface area (Å²) in [6.07, 6.45) is 6.89. The smallest absolute Gasteiger partial charge is 0.254 e. The number of amides is 1. The van der Waals surface area contributed by atoms with Crippen molar-refractivity contribution < 1.29 is 9.18 Å². The second-order valence-corrected chi connectivity index (χ2v) is 7.06. The van der Waals surface area contributed by atoms with E-state index in [9.17, 15) is 9.18 Å². The zero-order chi connectivity index (χ0) is 18.9. The Morgan fingerprint density at radius 3 is 2.56 bits per heavy atom. The Morgan fingerprint density at radius 1 is 1.00 bits per heavy atom. The molecule has 0 aliphatic heterocycles. The summed E-state index contributed by atoms with van der Waals surface area (Å²) in [4.78, 5) is 20.8. The van der Waals surface area contributed by atoms with Crippen LogP contribution in [0.25, 0.3) is 0 Å². The Hall–Kier alpha value is -2.73. The van der Waals surface area contributed by atoms with Crippen molar-refractivity contribution in [3.05, 3.63) is 89.6 Å². The summed E-state index contributed by atoms with van der Waals surface area (Å²) in [5.41, 5.74) is 2.68. The minimum absolute atomic E-state index is 0.138. The van der Waals surface area contributed by atoms with Crippen molar-refractivity contribution in [2.24, 2.45) is 0 Å². The molecule has 0 unspecified atom stereocenters. The normalized spacial score (nSPS) is 10.6. The number of aromatic nitrogens is 2. The van der Waals surface area contributed by atoms with Gasteiger partial charge < -0.3 is 5.32 Å². The molecule has 6 heteroatoms. The van der Waals surface area contributed by atoms with E-state index in [0.29, 0.717) is 12.1 Å². The fraction of sp³-hybridized carbons (Fsp3) is 0.190. The number of carbonyl (C=O) groups excluding carboxylic acids is 1. The quantitative estimate of drug-likeness (QED) is 0.468. The van der Waals surface area contributed by atoms with Gasteiger partial charge in [-0.1, -0.05) is 12.1 Å². The number of hydrogen-bond acceptors (Lipinski definition) is 4. The van der Waals surface area contributed by atoms with Gasteiger partial charge in [0.1, 0.15) is 10.8 Å². The Morgan fingerprint density at radius 2 is 1.78 bits per heavy atom.